The number of hydrogen-bond donors (Lipinski definition) is 1. The largest absolute Gasteiger partial charge is 0.481 e. The molecule has 0 bridgehead atoms. The van der Waals surface area contributed by atoms with E-state index in [1.54, 1.807) is 18.2 Å². The average Bonchev–Trinajstić information content (AvgIpc) is 2.52. The van der Waals surface area contributed by atoms with Crippen LogP contribution in [0.15, 0.2) is 30.3 Å². The Morgan fingerprint density at radius 1 is 1.19 bits per heavy atom. The summed E-state index contributed by atoms with van der Waals surface area (Å²) in [5.74, 6) is 1.05. The topological polar surface area (TPSA) is 99.4 Å². The van der Waals surface area contributed by atoms with Crippen LogP contribution in [0, 0.1) is 10.1 Å². The quantitative estimate of drug-likeness (QED) is 0.641. The highest BCUT2D eigenvalue weighted by Crippen LogP contribution is 2.18. The lowest BCUT2D eigenvalue weighted by atomic mass is 10.2. The van der Waals surface area contributed by atoms with E-state index < -0.39 is 4.92 Å². The zero-order valence-corrected chi connectivity index (χ0v) is 11.6. The van der Waals surface area contributed by atoms with Gasteiger partial charge in [-0.2, -0.15) is 9.97 Å². The monoisotopic (exact) mass is 290 g/mol. The molecule has 0 spiro atoms. The van der Waals surface area contributed by atoms with E-state index >= 15 is 0 Å². The van der Waals surface area contributed by atoms with Crippen LogP contribution in [0.1, 0.15) is 5.56 Å². The van der Waals surface area contributed by atoms with Gasteiger partial charge in [0.2, 0.25) is 17.7 Å². The summed E-state index contributed by atoms with van der Waals surface area (Å²) in [5, 5.41) is 13.7. The van der Waals surface area contributed by atoms with Crippen molar-refractivity contribution in [2.24, 2.45) is 0 Å². The van der Waals surface area contributed by atoms with Crippen molar-refractivity contribution in [2.45, 2.75) is 6.54 Å². The third-order valence-electron chi connectivity index (χ3n) is 2.67. The minimum absolute atomic E-state index is 0.0402. The summed E-state index contributed by atoms with van der Waals surface area (Å²) in [5.41, 5.74) is 0.785. The highest BCUT2D eigenvalue weighted by Gasteiger charge is 2.08. The van der Waals surface area contributed by atoms with E-state index in [1.165, 1.54) is 26.4 Å². The second-order valence-corrected chi connectivity index (χ2v) is 4.06. The number of ether oxygens (including phenoxy) is 2. The van der Waals surface area contributed by atoms with Crippen LogP contribution >= 0.6 is 0 Å². The molecule has 0 saturated heterocycles. The van der Waals surface area contributed by atoms with Gasteiger partial charge in [0.05, 0.1) is 25.2 Å². The van der Waals surface area contributed by atoms with Crippen LogP contribution in [0.4, 0.5) is 11.6 Å². The van der Waals surface area contributed by atoms with Crippen molar-refractivity contribution in [2.75, 3.05) is 19.5 Å². The smallest absolute Gasteiger partial charge is 0.269 e. The maximum Gasteiger partial charge on any atom is 0.269 e. The first kappa shape index (κ1) is 14.5. The molecule has 0 aliphatic carbocycles. The van der Waals surface area contributed by atoms with Gasteiger partial charge in [-0.05, 0) is 5.56 Å². The number of aromatic nitrogens is 2. The molecule has 1 heterocycles. The summed E-state index contributed by atoms with van der Waals surface area (Å²) in [6.45, 7) is 0.345. The van der Waals surface area contributed by atoms with E-state index in [0.717, 1.165) is 5.56 Å². The van der Waals surface area contributed by atoms with Gasteiger partial charge in [-0.15, -0.1) is 0 Å². The molecule has 1 N–H and O–H groups in total. The number of non-ortho nitro benzene ring substituents is 1. The second-order valence-electron chi connectivity index (χ2n) is 4.06. The van der Waals surface area contributed by atoms with E-state index in [-0.39, 0.29) is 5.69 Å². The lowest BCUT2D eigenvalue weighted by Gasteiger charge is -2.08. The van der Waals surface area contributed by atoms with Crippen LogP contribution in [0.25, 0.3) is 0 Å². The van der Waals surface area contributed by atoms with Gasteiger partial charge in [0.25, 0.3) is 5.69 Å². The SMILES string of the molecule is COc1cc(OC)nc(NCc2cccc([N+](=O)[O-])c2)n1. The molecular formula is C13H14N4O4. The molecule has 0 radical (unpaired) electrons. The number of nitrogens with one attached hydrogen (secondary N) is 1. The maximum absolute atomic E-state index is 10.7. The van der Waals surface area contributed by atoms with Gasteiger partial charge in [0.1, 0.15) is 0 Å². The first-order valence-corrected chi connectivity index (χ1v) is 6.06. The molecule has 8 nitrogen and oxygen atoms in total. The third kappa shape index (κ3) is 3.78. The Kier molecular flexibility index (Phi) is 4.50. The number of methoxy groups -OCH3 is 2. The van der Waals surface area contributed by atoms with Crippen molar-refractivity contribution >= 4 is 11.6 Å². The molecule has 2 aromatic rings. The maximum atomic E-state index is 10.7. The highest BCUT2D eigenvalue weighted by atomic mass is 16.6. The Balaban J connectivity index is 2.12. The molecule has 8 heteroatoms. The molecule has 0 aliphatic heterocycles. The number of anilines is 1. The lowest BCUT2D eigenvalue weighted by molar-refractivity contribution is -0.384. The second kappa shape index (κ2) is 6.51. The van der Waals surface area contributed by atoms with E-state index in [9.17, 15) is 10.1 Å². The van der Waals surface area contributed by atoms with Crippen LogP contribution in [-0.4, -0.2) is 29.1 Å². The van der Waals surface area contributed by atoms with Crippen molar-refractivity contribution in [1.29, 1.82) is 0 Å². The Hall–Kier alpha value is -2.90. The predicted molar refractivity (Wildman–Crippen MR) is 75.6 cm³/mol. The van der Waals surface area contributed by atoms with Crippen molar-refractivity contribution in [3.63, 3.8) is 0 Å². The average molecular weight is 290 g/mol. The fourth-order valence-corrected chi connectivity index (χ4v) is 1.65. The number of benzene rings is 1. The molecule has 0 atom stereocenters. The number of hydrogen-bond acceptors (Lipinski definition) is 7. The molecule has 1 aromatic heterocycles. The predicted octanol–water partition coefficient (Wildman–Crippen LogP) is 2.01. The Bertz CT molecular complexity index is 626. The molecule has 0 unspecified atom stereocenters. The first-order chi connectivity index (χ1) is 10.1. The first-order valence-electron chi connectivity index (χ1n) is 6.06. The molecule has 110 valence electrons. The minimum Gasteiger partial charge on any atom is -0.481 e. The van der Waals surface area contributed by atoms with E-state index in [4.69, 9.17) is 9.47 Å². The molecule has 0 saturated carbocycles. The van der Waals surface area contributed by atoms with E-state index in [0.29, 0.717) is 24.3 Å². The number of nitro groups is 1. The van der Waals surface area contributed by atoms with Crippen LogP contribution < -0.4 is 14.8 Å². The van der Waals surface area contributed by atoms with Gasteiger partial charge >= 0.3 is 0 Å². The summed E-state index contributed by atoms with van der Waals surface area (Å²) >= 11 is 0. The lowest BCUT2D eigenvalue weighted by Crippen LogP contribution is -2.05. The number of nitro benzene ring substituents is 1. The summed E-state index contributed by atoms with van der Waals surface area (Å²) in [6.07, 6.45) is 0. The summed E-state index contributed by atoms with van der Waals surface area (Å²) in [7, 11) is 2.98. The molecule has 21 heavy (non-hydrogen) atoms. The standard InChI is InChI=1S/C13H14N4O4/c1-20-11-7-12(21-2)16-13(15-11)14-8-9-4-3-5-10(6-9)17(18)19/h3-7H,8H2,1-2H3,(H,14,15,16). The van der Waals surface area contributed by atoms with Gasteiger partial charge in [-0.1, -0.05) is 12.1 Å². The van der Waals surface area contributed by atoms with Crippen molar-refractivity contribution < 1.29 is 14.4 Å². The zero-order chi connectivity index (χ0) is 15.2. The molecule has 1 aromatic carbocycles. The fourth-order valence-electron chi connectivity index (χ4n) is 1.65. The van der Waals surface area contributed by atoms with Gasteiger partial charge in [0.15, 0.2) is 0 Å². The molecule has 0 fully saturated rings. The molecule has 2 rings (SSSR count). The van der Waals surface area contributed by atoms with Crippen LogP contribution in [0.2, 0.25) is 0 Å². The van der Waals surface area contributed by atoms with E-state index in [1.807, 2.05) is 0 Å². The third-order valence-corrected chi connectivity index (χ3v) is 2.67. The van der Waals surface area contributed by atoms with E-state index in [2.05, 4.69) is 15.3 Å². The Morgan fingerprint density at radius 2 is 1.86 bits per heavy atom. The number of nitrogens with zero attached hydrogens (tertiary/aromatic N) is 3. The Morgan fingerprint density at radius 3 is 2.43 bits per heavy atom. The van der Waals surface area contributed by atoms with Crippen LogP contribution in [-0.2, 0) is 6.54 Å². The molecular weight excluding hydrogens is 276 g/mol. The van der Waals surface area contributed by atoms with Gasteiger partial charge in [-0.25, -0.2) is 0 Å². The fraction of sp³-hybridized carbons (Fsp3) is 0.231. The van der Waals surface area contributed by atoms with Crippen molar-refractivity contribution in [3.05, 3.63) is 46.0 Å². The highest BCUT2D eigenvalue weighted by molar-refractivity contribution is 5.38. The van der Waals surface area contributed by atoms with Crippen LogP contribution in [0.5, 0.6) is 11.8 Å². The summed E-state index contributed by atoms with van der Waals surface area (Å²) < 4.78 is 10.1. The summed E-state index contributed by atoms with van der Waals surface area (Å²) in [6, 6.07) is 7.89. The van der Waals surface area contributed by atoms with Gasteiger partial charge in [-0.3, -0.25) is 10.1 Å². The molecule has 0 aliphatic rings. The van der Waals surface area contributed by atoms with Crippen LogP contribution in [0.3, 0.4) is 0 Å². The van der Waals surface area contributed by atoms with Crippen molar-refractivity contribution in [1.82, 2.24) is 9.97 Å². The van der Waals surface area contributed by atoms with Gasteiger partial charge in [0, 0.05) is 18.7 Å². The van der Waals surface area contributed by atoms with Gasteiger partial charge < -0.3 is 14.8 Å². The Labute approximate surface area is 120 Å². The number of rotatable bonds is 6. The minimum atomic E-state index is -0.436. The molecule has 0 amide bonds. The zero-order valence-electron chi connectivity index (χ0n) is 11.6. The summed E-state index contributed by atoms with van der Waals surface area (Å²) in [4.78, 5) is 18.5. The normalized spacial score (nSPS) is 10.0. The van der Waals surface area contributed by atoms with Crippen molar-refractivity contribution in [3.8, 4) is 11.8 Å².